The minimum Gasteiger partial charge on any atom is -0.388 e. The molecule has 0 saturated heterocycles. The third-order valence-corrected chi connectivity index (χ3v) is 3.15. The van der Waals surface area contributed by atoms with Crippen molar-refractivity contribution in [3.63, 3.8) is 0 Å². The zero-order chi connectivity index (χ0) is 14.4. The molecular formula is C15H16ClN3O. The molecule has 0 saturated carbocycles. The standard InChI is InChI=1S/C15H16ClN3O/c1-17-13-7-9-18-14(10-13)15(20)19-8-6-11-2-4-12(16)5-3-11/h2-5,7,9-10H,6,8H2,1H3,(H,17,18)(H,19,20). The number of carbonyl (C=O) groups is 1. The Balaban J connectivity index is 1.87. The quantitative estimate of drug-likeness (QED) is 0.890. The molecule has 0 radical (unpaired) electrons. The van der Waals surface area contributed by atoms with Crippen molar-refractivity contribution in [1.82, 2.24) is 10.3 Å². The lowest BCUT2D eigenvalue weighted by Gasteiger charge is -2.06. The van der Waals surface area contributed by atoms with E-state index in [1.54, 1.807) is 19.3 Å². The van der Waals surface area contributed by atoms with Crippen LogP contribution in [-0.4, -0.2) is 24.5 Å². The predicted molar refractivity (Wildman–Crippen MR) is 81.3 cm³/mol. The van der Waals surface area contributed by atoms with Gasteiger partial charge in [0, 0.05) is 30.5 Å². The number of pyridine rings is 1. The number of nitrogens with one attached hydrogen (secondary N) is 2. The largest absolute Gasteiger partial charge is 0.388 e. The molecule has 0 aliphatic heterocycles. The van der Waals surface area contributed by atoms with E-state index in [4.69, 9.17) is 11.6 Å². The van der Waals surface area contributed by atoms with Crippen LogP contribution in [0.3, 0.4) is 0 Å². The SMILES string of the molecule is CNc1ccnc(C(=O)NCCc2ccc(Cl)cc2)c1. The predicted octanol–water partition coefficient (Wildman–Crippen LogP) is 2.75. The number of amides is 1. The second-order valence-electron chi connectivity index (χ2n) is 4.31. The number of halogens is 1. The van der Waals surface area contributed by atoms with E-state index in [0.717, 1.165) is 17.7 Å². The van der Waals surface area contributed by atoms with Gasteiger partial charge in [0.05, 0.1) is 0 Å². The average molecular weight is 290 g/mol. The molecule has 5 heteroatoms. The highest BCUT2D eigenvalue weighted by atomic mass is 35.5. The molecule has 2 aromatic rings. The van der Waals surface area contributed by atoms with E-state index in [9.17, 15) is 4.79 Å². The number of rotatable bonds is 5. The average Bonchev–Trinajstić information content (AvgIpc) is 2.49. The van der Waals surface area contributed by atoms with Crippen molar-refractivity contribution < 1.29 is 4.79 Å². The number of benzene rings is 1. The van der Waals surface area contributed by atoms with E-state index in [-0.39, 0.29) is 5.91 Å². The van der Waals surface area contributed by atoms with Crippen molar-refractivity contribution >= 4 is 23.2 Å². The number of hydrogen-bond acceptors (Lipinski definition) is 3. The van der Waals surface area contributed by atoms with E-state index >= 15 is 0 Å². The molecular weight excluding hydrogens is 274 g/mol. The smallest absolute Gasteiger partial charge is 0.269 e. The summed E-state index contributed by atoms with van der Waals surface area (Å²) in [5.74, 6) is -0.170. The molecule has 1 aromatic heterocycles. The Morgan fingerprint density at radius 2 is 2.00 bits per heavy atom. The van der Waals surface area contributed by atoms with E-state index < -0.39 is 0 Å². The summed E-state index contributed by atoms with van der Waals surface area (Å²) in [6, 6.07) is 11.1. The van der Waals surface area contributed by atoms with Gasteiger partial charge in [-0.2, -0.15) is 0 Å². The van der Waals surface area contributed by atoms with Crippen LogP contribution in [0.5, 0.6) is 0 Å². The number of nitrogens with zero attached hydrogens (tertiary/aromatic N) is 1. The molecule has 0 atom stereocenters. The molecule has 0 aliphatic rings. The summed E-state index contributed by atoms with van der Waals surface area (Å²) in [6.07, 6.45) is 2.37. The Morgan fingerprint density at radius 3 is 2.70 bits per heavy atom. The van der Waals surface area contributed by atoms with Crippen LogP contribution < -0.4 is 10.6 Å². The number of hydrogen-bond donors (Lipinski definition) is 2. The number of carbonyl (C=O) groups excluding carboxylic acids is 1. The topological polar surface area (TPSA) is 54.0 Å². The van der Waals surface area contributed by atoms with E-state index in [1.165, 1.54) is 0 Å². The molecule has 1 heterocycles. The van der Waals surface area contributed by atoms with Crippen LogP contribution >= 0.6 is 11.6 Å². The first-order valence-electron chi connectivity index (χ1n) is 6.35. The molecule has 20 heavy (non-hydrogen) atoms. The molecule has 4 nitrogen and oxygen atoms in total. The molecule has 104 valence electrons. The Hall–Kier alpha value is -2.07. The second-order valence-corrected chi connectivity index (χ2v) is 4.75. The maximum absolute atomic E-state index is 11.9. The normalized spacial score (nSPS) is 10.1. The van der Waals surface area contributed by atoms with Crippen molar-refractivity contribution in [2.75, 3.05) is 18.9 Å². The van der Waals surface area contributed by atoms with E-state index in [2.05, 4.69) is 15.6 Å². The number of aromatic nitrogens is 1. The van der Waals surface area contributed by atoms with Crippen LogP contribution in [0.2, 0.25) is 5.02 Å². The fourth-order valence-corrected chi connectivity index (χ4v) is 1.90. The van der Waals surface area contributed by atoms with Crippen LogP contribution in [0.4, 0.5) is 5.69 Å². The Labute approximate surface area is 123 Å². The lowest BCUT2D eigenvalue weighted by molar-refractivity contribution is 0.0949. The third-order valence-electron chi connectivity index (χ3n) is 2.89. The Kier molecular flexibility index (Phi) is 4.96. The van der Waals surface area contributed by atoms with Gasteiger partial charge in [-0.05, 0) is 36.2 Å². The van der Waals surface area contributed by atoms with Crippen LogP contribution in [0.1, 0.15) is 16.1 Å². The first-order chi connectivity index (χ1) is 9.69. The lowest BCUT2D eigenvalue weighted by atomic mass is 10.1. The first kappa shape index (κ1) is 14.3. The van der Waals surface area contributed by atoms with Gasteiger partial charge in [-0.15, -0.1) is 0 Å². The zero-order valence-electron chi connectivity index (χ0n) is 11.2. The summed E-state index contributed by atoms with van der Waals surface area (Å²) in [5.41, 5.74) is 2.41. The van der Waals surface area contributed by atoms with Crippen molar-refractivity contribution in [3.8, 4) is 0 Å². The third kappa shape index (κ3) is 3.96. The minimum atomic E-state index is -0.170. The summed E-state index contributed by atoms with van der Waals surface area (Å²) in [7, 11) is 1.80. The molecule has 0 spiro atoms. The molecule has 2 N–H and O–H groups in total. The lowest BCUT2D eigenvalue weighted by Crippen LogP contribution is -2.26. The van der Waals surface area contributed by atoms with Crippen molar-refractivity contribution in [2.24, 2.45) is 0 Å². The van der Waals surface area contributed by atoms with Gasteiger partial charge in [0.15, 0.2) is 0 Å². The van der Waals surface area contributed by atoms with Gasteiger partial charge in [0.25, 0.3) is 5.91 Å². The van der Waals surface area contributed by atoms with E-state index in [0.29, 0.717) is 17.3 Å². The van der Waals surface area contributed by atoms with Crippen molar-refractivity contribution in [1.29, 1.82) is 0 Å². The Bertz CT molecular complexity index is 584. The highest BCUT2D eigenvalue weighted by Crippen LogP contribution is 2.10. The highest BCUT2D eigenvalue weighted by molar-refractivity contribution is 6.30. The van der Waals surface area contributed by atoms with Gasteiger partial charge >= 0.3 is 0 Å². The molecule has 2 rings (SSSR count). The summed E-state index contributed by atoms with van der Waals surface area (Å²) in [4.78, 5) is 16.0. The summed E-state index contributed by atoms with van der Waals surface area (Å²) >= 11 is 5.82. The van der Waals surface area contributed by atoms with Crippen LogP contribution in [0.25, 0.3) is 0 Å². The molecule has 0 bridgehead atoms. The minimum absolute atomic E-state index is 0.170. The molecule has 1 aromatic carbocycles. The summed E-state index contributed by atoms with van der Waals surface area (Å²) in [6.45, 7) is 0.561. The Morgan fingerprint density at radius 1 is 1.25 bits per heavy atom. The van der Waals surface area contributed by atoms with Crippen molar-refractivity contribution in [3.05, 3.63) is 58.9 Å². The van der Waals surface area contributed by atoms with Gasteiger partial charge in [-0.3, -0.25) is 9.78 Å². The second kappa shape index (κ2) is 6.91. The van der Waals surface area contributed by atoms with Crippen LogP contribution in [-0.2, 0) is 6.42 Å². The molecule has 0 unspecified atom stereocenters. The fourth-order valence-electron chi connectivity index (χ4n) is 1.77. The van der Waals surface area contributed by atoms with Gasteiger partial charge in [-0.25, -0.2) is 0 Å². The van der Waals surface area contributed by atoms with Crippen molar-refractivity contribution in [2.45, 2.75) is 6.42 Å². The van der Waals surface area contributed by atoms with Gasteiger partial charge in [0.2, 0.25) is 0 Å². The van der Waals surface area contributed by atoms with Crippen LogP contribution in [0, 0.1) is 0 Å². The fraction of sp³-hybridized carbons (Fsp3) is 0.200. The summed E-state index contributed by atoms with van der Waals surface area (Å²) in [5, 5.41) is 6.54. The van der Waals surface area contributed by atoms with Crippen LogP contribution in [0.15, 0.2) is 42.6 Å². The zero-order valence-corrected chi connectivity index (χ0v) is 11.9. The number of anilines is 1. The summed E-state index contributed by atoms with van der Waals surface area (Å²) < 4.78 is 0. The van der Waals surface area contributed by atoms with Gasteiger partial charge in [-0.1, -0.05) is 23.7 Å². The highest BCUT2D eigenvalue weighted by Gasteiger charge is 2.06. The van der Waals surface area contributed by atoms with Gasteiger partial charge < -0.3 is 10.6 Å². The molecule has 1 amide bonds. The molecule has 0 fully saturated rings. The molecule has 0 aliphatic carbocycles. The first-order valence-corrected chi connectivity index (χ1v) is 6.73. The monoisotopic (exact) mass is 289 g/mol. The van der Waals surface area contributed by atoms with E-state index in [1.807, 2.05) is 30.3 Å². The maximum atomic E-state index is 11.9. The maximum Gasteiger partial charge on any atom is 0.269 e. The van der Waals surface area contributed by atoms with Gasteiger partial charge in [0.1, 0.15) is 5.69 Å².